The van der Waals surface area contributed by atoms with Gasteiger partial charge in [0.1, 0.15) is 21.5 Å². The number of benzene rings is 1. The highest BCUT2D eigenvalue weighted by molar-refractivity contribution is 7.19. The molecule has 6 rings (SSSR count). The first-order chi connectivity index (χ1) is 14.3. The Morgan fingerprint density at radius 3 is 2.79 bits per heavy atom. The molecule has 4 aromatic rings. The van der Waals surface area contributed by atoms with Crippen molar-refractivity contribution in [2.24, 2.45) is 0 Å². The predicted molar refractivity (Wildman–Crippen MR) is 122 cm³/mol. The second-order valence-electron chi connectivity index (χ2n) is 8.21. The van der Waals surface area contributed by atoms with E-state index in [1.165, 1.54) is 64.0 Å². The second-order valence-corrected chi connectivity index (χ2v) is 10.4. The number of anilines is 1. The standard InChI is InChI=1S/C23H24N4S2/c1-14-24-21(20-15-8-3-2-4-11-18(15)28-23(20)25-14)27-13-7-10-17(27)22-26-16-9-5-6-12-19(16)29-22/h5-6,9,12,17H,2-4,7-8,10-11,13H2,1H3/t17-/m0/s1. The summed E-state index contributed by atoms with van der Waals surface area (Å²) < 4.78 is 1.28. The van der Waals surface area contributed by atoms with E-state index in [2.05, 4.69) is 29.2 Å². The third-order valence-corrected chi connectivity index (χ3v) is 8.60. The lowest BCUT2D eigenvalue weighted by Crippen LogP contribution is -2.24. The number of thiophene rings is 1. The Balaban J connectivity index is 1.50. The van der Waals surface area contributed by atoms with E-state index in [1.807, 2.05) is 29.6 Å². The highest BCUT2D eigenvalue weighted by atomic mass is 32.1. The van der Waals surface area contributed by atoms with Gasteiger partial charge in [-0.25, -0.2) is 15.0 Å². The molecule has 0 amide bonds. The fourth-order valence-electron chi connectivity index (χ4n) is 4.94. The molecule has 1 atom stereocenters. The van der Waals surface area contributed by atoms with Crippen LogP contribution in [0.5, 0.6) is 0 Å². The lowest BCUT2D eigenvalue weighted by molar-refractivity contribution is 0.706. The molecule has 0 saturated carbocycles. The van der Waals surface area contributed by atoms with Crippen LogP contribution in [-0.2, 0) is 12.8 Å². The third-order valence-electron chi connectivity index (χ3n) is 6.28. The highest BCUT2D eigenvalue weighted by Crippen LogP contribution is 2.44. The molecule has 148 valence electrons. The molecule has 29 heavy (non-hydrogen) atoms. The minimum atomic E-state index is 0.325. The molecule has 0 unspecified atom stereocenters. The fraction of sp³-hybridized carbons (Fsp3) is 0.435. The van der Waals surface area contributed by atoms with Gasteiger partial charge in [-0.2, -0.15) is 0 Å². The van der Waals surface area contributed by atoms with E-state index in [1.54, 1.807) is 4.88 Å². The molecule has 1 aliphatic heterocycles. The monoisotopic (exact) mass is 420 g/mol. The molecule has 0 N–H and O–H groups in total. The van der Waals surface area contributed by atoms with Crippen molar-refractivity contribution in [1.82, 2.24) is 15.0 Å². The molecular formula is C23H24N4S2. The lowest BCUT2D eigenvalue weighted by atomic mass is 10.1. The Kier molecular flexibility index (Phi) is 4.31. The van der Waals surface area contributed by atoms with Crippen LogP contribution in [0.1, 0.15) is 59.4 Å². The van der Waals surface area contributed by atoms with Gasteiger partial charge >= 0.3 is 0 Å². The summed E-state index contributed by atoms with van der Waals surface area (Å²) >= 11 is 3.75. The Morgan fingerprint density at radius 1 is 0.966 bits per heavy atom. The summed E-state index contributed by atoms with van der Waals surface area (Å²) in [7, 11) is 0. The zero-order valence-electron chi connectivity index (χ0n) is 16.6. The summed E-state index contributed by atoms with van der Waals surface area (Å²) in [5, 5.41) is 2.57. The number of hydrogen-bond donors (Lipinski definition) is 0. The van der Waals surface area contributed by atoms with Crippen LogP contribution in [0, 0.1) is 6.92 Å². The van der Waals surface area contributed by atoms with Gasteiger partial charge in [0.2, 0.25) is 0 Å². The normalized spacial score (nSPS) is 19.8. The van der Waals surface area contributed by atoms with E-state index in [-0.39, 0.29) is 0 Å². The van der Waals surface area contributed by atoms with E-state index < -0.39 is 0 Å². The first-order valence-corrected chi connectivity index (χ1v) is 12.3. The highest BCUT2D eigenvalue weighted by Gasteiger charge is 2.32. The van der Waals surface area contributed by atoms with Gasteiger partial charge in [0, 0.05) is 11.4 Å². The number of rotatable bonds is 2. The molecule has 4 nitrogen and oxygen atoms in total. The number of para-hydroxylation sites is 1. The van der Waals surface area contributed by atoms with Crippen LogP contribution in [0.3, 0.4) is 0 Å². The number of nitrogens with zero attached hydrogens (tertiary/aromatic N) is 4. The first kappa shape index (κ1) is 17.8. The summed E-state index contributed by atoms with van der Waals surface area (Å²) in [6.45, 7) is 3.09. The van der Waals surface area contributed by atoms with E-state index in [4.69, 9.17) is 15.0 Å². The molecule has 3 aromatic heterocycles. The van der Waals surface area contributed by atoms with Gasteiger partial charge in [-0.1, -0.05) is 18.6 Å². The first-order valence-electron chi connectivity index (χ1n) is 10.7. The summed E-state index contributed by atoms with van der Waals surface area (Å²) in [6, 6.07) is 8.82. The van der Waals surface area contributed by atoms with Gasteiger partial charge in [-0.05, 0) is 63.1 Å². The molecule has 4 heterocycles. The van der Waals surface area contributed by atoms with Gasteiger partial charge in [-0.15, -0.1) is 22.7 Å². The van der Waals surface area contributed by atoms with Gasteiger partial charge in [0.25, 0.3) is 0 Å². The summed E-state index contributed by atoms with van der Waals surface area (Å²) in [5.41, 5.74) is 2.65. The topological polar surface area (TPSA) is 41.9 Å². The van der Waals surface area contributed by atoms with Crippen molar-refractivity contribution in [2.45, 2.75) is 57.9 Å². The minimum absolute atomic E-state index is 0.325. The van der Waals surface area contributed by atoms with Crippen molar-refractivity contribution >= 4 is 48.9 Å². The maximum absolute atomic E-state index is 5.02. The average Bonchev–Trinajstić information content (AvgIpc) is 3.40. The molecular weight excluding hydrogens is 396 g/mol. The van der Waals surface area contributed by atoms with E-state index >= 15 is 0 Å². The smallest absolute Gasteiger partial charge is 0.141 e. The van der Waals surface area contributed by atoms with Crippen molar-refractivity contribution in [3.8, 4) is 0 Å². The number of thiazole rings is 1. The second kappa shape index (κ2) is 7.03. The van der Waals surface area contributed by atoms with Gasteiger partial charge < -0.3 is 4.90 Å². The van der Waals surface area contributed by atoms with Gasteiger partial charge in [-0.3, -0.25) is 0 Å². The molecule has 6 heteroatoms. The number of aryl methyl sites for hydroxylation is 3. The number of fused-ring (bicyclic) bond motifs is 4. The zero-order valence-corrected chi connectivity index (χ0v) is 18.3. The minimum Gasteiger partial charge on any atom is -0.346 e. The van der Waals surface area contributed by atoms with Crippen LogP contribution in [0.25, 0.3) is 20.4 Å². The van der Waals surface area contributed by atoms with Gasteiger partial charge in [0.15, 0.2) is 0 Å². The summed E-state index contributed by atoms with van der Waals surface area (Å²) in [4.78, 5) is 20.1. The Hall–Kier alpha value is -2.05. The Morgan fingerprint density at radius 2 is 1.86 bits per heavy atom. The molecule has 0 radical (unpaired) electrons. The maximum Gasteiger partial charge on any atom is 0.141 e. The maximum atomic E-state index is 5.02. The number of aromatic nitrogens is 3. The van der Waals surface area contributed by atoms with E-state index in [9.17, 15) is 0 Å². The largest absolute Gasteiger partial charge is 0.346 e. The van der Waals surface area contributed by atoms with Crippen LogP contribution in [0.4, 0.5) is 5.82 Å². The van der Waals surface area contributed by atoms with Crippen molar-refractivity contribution in [1.29, 1.82) is 0 Å². The predicted octanol–water partition coefficient (Wildman–Crippen LogP) is 6.22. The van der Waals surface area contributed by atoms with Gasteiger partial charge in [0.05, 0.1) is 21.6 Å². The van der Waals surface area contributed by atoms with E-state index in [0.717, 1.165) is 30.1 Å². The molecule has 1 fully saturated rings. The Bertz CT molecular complexity index is 1180. The summed E-state index contributed by atoms with van der Waals surface area (Å²) in [6.07, 6.45) is 8.65. The van der Waals surface area contributed by atoms with Crippen molar-refractivity contribution in [3.05, 3.63) is 45.5 Å². The summed E-state index contributed by atoms with van der Waals surface area (Å²) in [5.74, 6) is 2.05. The third kappa shape index (κ3) is 2.96. The number of hydrogen-bond acceptors (Lipinski definition) is 6. The quantitative estimate of drug-likeness (QED) is 0.361. The lowest BCUT2D eigenvalue weighted by Gasteiger charge is -2.25. The average molecular weight is 421 g/mol. The van der Waals surface area contributed by atoms with E-state index in [0.29, 0.717) is 6.04 Å². The van der Waals surface area contributed by atoms with Crippen LogP contribution in [0.15, 0.2) is 24.3 Å². The molecule has 1 saturated heterocycles. The molecule has 2 aliphatic rings. The van der Waals surface area contributed by atoms with Crippen molar-refractivity contribution in [2.75, 3.05) is 11.4 Å². The van der Waals surface area contributed by atoms with Crippen LogP contribution in [0.2, 0.25) is 0 Å². The SMILES string of the molecule is Cc1nc(N2CCC[C@H]2c2nc3ccccc3s2)c2c3c(sc2n1)CCCCC3. The zero-order chi connectivity index (χ0) is 19.4. The van der Waals surface area contributed by atoms with Crippen molar-refractivity contribution < 1.29 is 0 Å². The molecule has 1 aromatic carbocycles. The van der Waals surface area contributed by atoms with Crippen molar-refractivity contribution in [3.63, 3.8) is 0 Å². The van der Waals surface area contributed by atoms with Crippen LogP contribution >= 0.6 is 22.7 Å². The molecule has 0 bridgehead atoms. The van der Waals surface area contributed by atoms with Crippen LogP contribution in [-0.4, -0.2) is 21.5 Å². The van der Waals surface area contributed by atoms with Crippen LogP contribution < -0.4 is 4.90 Å². The molecule has 0 spiro atoms. The molecule has 1 aliphatic carbocycles. The fourth-order valence-corrected chi connectivity index (χ4v) is 7.35. The Labute approximate surface area is 178 Å².